The van der Waals surface area contributed by atoms with Crippen LogP contribution in [0.25, 0.3) is 0 Å². The van der Waals surface area contributed by atoms with Crippen molar-refractivity contribution in [3.63, 3.8) is 0 Å². The van der Waals surface area contributed by atoms with Crippen LogP contribution in [0.1, 0.15) is 10.4 Å². The normalized spacial score (nSPS) is 15.5. The average Bonchev–Trinajstić information content (AvgIpc) is 2.69. The molecule has 3 rings (SSSR count). The summed E-state index contributed by atoms with van der Waals surface area (Å²) in [6.07, 6.45) is 0.726. The molecule has 8 heteroatoms. The molecular weight excluding hydrogens is 354 g/mol. The molecule has 7 nitrogen and oxygen atoms in total. The van der Waals surface area contributed by atoms with Crippen molar-refractivity contribution in [2.24, 2.45) is 0 Å². The number of para-hydroxylation sites is 1. The SMILES string of the molecule is O=CN1CCN(S(=O)(=O)c2ccc(C(=O)Nc3ccccc3)cc2)CC1. The van der Waals surface area contributed by atoms with Crippen LogP contribution in [0.15, 0.2) is 59.5 Å². The molecule has 1 saturated heterocycles. The van der Waals surface area contributed by atoms with Gasteiger partial charge >= 0.3 is 0 Å². The zero-order valence-electron chi connectivity index (χ0n) is 14.0. The Morgan fingerprint density at radius 2 is 1.54 bits per heavy atom. The molecule has 2 aromatic rings. The lowest BCUT2D eigenvalue weighted by Gasteiger charge is -2.31. The van der Waals surface area contributed by atoms with Crippen molar-refractivity contribution >= 4 is 28.0 Å². The van der Waals surface area contributed by atoms with Gasteiger partial charge in [0.1, 0.15) is 0 Å². The smallest absolute Gasteiger partial charge is 0.255 e. The van der Waals surface area contributed by atoms with Crippen molar-refractivity contribution in [2.75, 3.05) is 31.5 Å². The van der Waals surface area contributed by atoms with Crippen LogP contribution in [0.5, 0.6) is 0 Å². The Labute approximate surface area is 152 Å². The maximum absolute atomic E-state index is 12.7. The van der Waals surface area contributed by atoms with Crippen molar-refractivity contribution in [3.8, 4) is 0 Å². The number of nitrogens with one attached hydrogen (secondary N) is 1. The lowest BCUT2D eigenvalue weighted by atomic mass is 10.2. The summed E-state index contributed by atoms with van der Waals surface area (Å²) in [4.78, 5) is 24.7. The molecule has 1 aliphatic rings. The molecule has 2 aromatic carbocycles. The van der Waals surface area contributed by atoms with E-state index in [1.165, 1.54) is 28.6 Å². The van der Waals surface area contributed by atoms with E-state index in [1.807, 2.05) is 18.2 Å². The zero-order chi connectivity index (χ0) is 18.6. The van der Waals surface area contributed by atoms with Gasteiger partial charge in [-0.2, -0.15) is 4.31 Å². The first-order valence-corrected chi connectivity index (χ1v) is 9.61. The molecule has 0 atom stereocenters. The number of amides is 2. The largest absolute Gasteiger partial charge is 0.343 e. The molecule has 1 fully saturated rings. The number of carbonyl (C=O) groups excluding carboxylic acids is 2. The molecule has 136 valence electrons. The molecule has 0 unspecified atom stereocenters. The van der Waals surface area contributed by atoms with Crippen LogP contribution in [0.4, 0.5) is 5.69 Å². The quantitative estimate of drug-likeness (QED) is 0.803. The molecule has 0 aromatic heterocycles. The number of nitrogens with zero attached hydrogens (tertiary/aromatic N) is 2. The van der Waals surface area contributed by atoms with Crippen LogP contribution < -0.4 is 5.32 Å². The minimum Gasteiger partial charge on any atom is -0.343 e. The fourth-order valence-corrected chi connectivity index (χ4v) is 4.12. The Hall–Kier alpha value is -2.71. The Bertz CT molecular complexity index is 874. The number of anilines is 1. The number of carbonyl (C=O) groups is 2. The van der Waals surface area contributed by atoms with Gasteiger partial charge in [-0.05, 0) is 36.4 Å². The number of piperazine rings is 1. The van der Waals surface area contributed by atoms with Crippen LogP contribution in [0.3, 0.4) is 0 Å². The van der Waals surface area contributed by atoms with Gasteiger partial charge in [0.25, 0.3) is 5.91 Å². The first-order valence-electron chi connectivity index (χ1n) is 8.17. The van der Waals surface area contributed by atoms with Gasteiger partial charge in [-0.25, -0.2) is 8.42 Å². The lowest BCUT2D eigenvalue weighted by molar-refractivity contribution is -0.119. The molecular formula is C18H19N3O4S. The third-order valence-corrected chi connectivity index (χ3v) is 6.12. The molecule has 0 aliphatic carbocycles. The monoisotopic (exact) mass is 373 g/mol. The molecule has 1 aliphatic heterocycles. The third kappa shape index (κ3) is 3.92. The fraction of sp³-hybridized carbons (Fsp3) is 0.222. The summed E-state index contributed by atoms with van der Waals surface area (Å²) in [5.74, 6) is -0.306. The summed E-state index contributed by atoms with van der Waals surface area (Å²) in [6, 6.07) is 14.9. The maximum atomic E-state index is 12.7. The Kier molecular flexibility index (Phi) is 5.34. The van der Waals surface area contributed by atoms with Crippen molar-refractivity contribution in [1.82, 2.24) is 9.21 Å². The molecule has 0 saturated carbocycles. The van der Waals surface area contributed by atoms with Crippen molar-refractivity contribution in [3.05, 3.63) is 60.2 Å². The number of benzene rings is 2. The highest BCUT2D eigenvalue weighted by atomic mass is 32.2. The minimum absolute atomic E-state index is 0.133. The summed E-state index contributed by atoms with van der Waals surface area (Å²) in [5.41, 5.74) is 1.04. The summed E-state index contributed by atoms with van der Waals surface area (Å²) in [6.45, 7) is 1.27. The van der Waals surface area contributed by atoms with Gasteiger partial charge in [-0.3, -0.25) is 9.59 Å². The van der Waals surface area contributed by atoms with Crippen molar-refractivity contribution in [1.29, 1.82) is 0 Å². The highest BCUT2D eigenvalue weighted by molar-refractivity contribution is 7.89. The van der Waals surface area contributed by atoms with Gasteiger partial charge in [0.15, 0.2) is 0 Å². The topological polar surface area (TPSA) is 86.8 Å². The van der Waals surface area contributed by atoms with Gasteiger partial charge in [-0.15, -0.1) is 0 Å². The second-order valence-electron chi connectivity index (χ2n) is 5.89. The summed E-state index contributed by atoms with van der Waals surface area (Å²) < 4.78 is 26.7. The van der Waals surface area contributed by atoms with E-state index in [9.17, 15) is 18.0 Å². The van der Waals surface area contributed by atoms with Gasteiger partial charge in [-0.1, -0.05) is 18.2 Å². The first kappa shape index (κ1) is 18.1. The Morgan fingerprint density at radius 3 is 2.12 bits per heavy atom. The second kappa shape index (κ2) is 7.67. The van der Waals surface area contributed by atoms with Crippen LogP contribution in [0, 0.1) is 0 Å². The standard InChI is InChI=1S/C18H19N3O4S/c22-14-20-10-12-21(13-11-20)26(24,25)17-8-6-15(7-9-17)18(23)19-16-4-2-1-3-5-16/h1-9,14H,10-13H2,(H,19,23). The van der Waals surface area contributed by atoms with E-state index in [-0.39, 0.29) is 23.9 Å². The van der Waals surface area contributed by atoms with Crippen LogP contribution in [-0.2, 0) is 14.8 Å². The van der Waals surface area contributed by atoms with Gasteiger partial charge in [0.05, 0.1) is 4.90 Å². The van der Waals surface area contributed by atoms with E-state index in [4.69, 9.17) is 0 Å². The third-order valence-electron chi connectivity index (χ3n) is 4.21. The van der Waals surface area contributed by atoms with Gasteiger partial charge in [0.2, 0.25) is 16.4 Å². The van der Waals surface area contributed by atoms with E-state index in [1.54, 1.807) is 17.0 Å². The van der Waals surface area contributed by atoms with E-state index in [0.717, 1.165) is 6.41 Å². The zero-order valence-corrected chi connectivity index (χ0v) is 14.9. The van der Waals surface area contributed by atoms with E-state index in [2.05, 4.69) is 5.32 Å². The Morgan fingerprint density at radius 1 is 0.923 bits per heavy atom. The van der Waals surface area contributed by atoms with Gasteiger partial charge < -0.3 is 10.2 Å². The summed E-state index contributed by atoms with van der Waals surface area (Å²) in [5, 5.41) is 2.75. The summed E-state index contributed by atoms with van der Waals surface area (Å²) >= 11 is 0. The maximum Gasteiger partial charge on any atom is 0.255 e. The predicted molar refractivity (Wildman–Crippen MR) is 97.2 cm³/mol. The lowest BCUT2D eigenvalue weighted by Crippen LogP contribution is -2.47. The van der Waals surface area contributed by atoms with Gasteiger partial charge in [0, 0.05) is 37.4 Å². The molecule has 0 bridgehead atoms. The minimum atomic E-state index is -3.64. The fourth-order valence-electron chi connectivity index (χ4n) is 2.70. The van der Waals surface area contributed by atoms with Crippen molar-refractivity contribution in [2.45, 2.75) is 4.90 Å². The summed E-state index contributed by atoms with van der Waals surface area (Å²) in [7, 11) is -3.64. The van der Waals surface area contributed by atoms with Crippen LogP contribution in [0.2, 0.25) is 0 Å². The average molecular weight is 373 g/mol. The molecule has 1 N–H and O–H groups in total. The van der Waals surface area contributed by atoms with E-state index < -0.39 is 10.0 Å². The van der Waals surface area contributed by atoms with Crippen LogP contribution in [-0.4, -0.2) is 56.1 Å². The molecule has 0 radical (unpaired) electrons. The number of hydrogen-bond acceptors (Lipinski definition) is 4. The number of sulfonamides is 1. The first-order chi connectivity index (χ1) is 12.5. The van der Waals surface area contributed by atoms with E-state index in [0.29, 0.717) is 24.3 Å². The molecule has 0 spiro atoms. The number of hydrogen-bond donors (Lipinski definition) is 1. The molecule has 1 heterocycles. The molecule has 2 amide bonds. The van der Waals surface area contributed by atoms with E-state index >= 15 is 0 Å². The Balaban J connectivity index is 1.70. The predicted octanol–water partition coefficient (Wildman–Crippen LogP) is 1.40. The highest BCUT2D eigenvalue weighted by Crippen LogP contribution is 2.18. The van der Waals surface area contributed by atoms with Crippen LogP contribution >= 0.6 is 0 Å². The second-order valence-corrected chi connectivity index (χ2v) is 7.83. The van der Waals surface area contributed by atoms with Crippen molar-refractivity contribution < 1.29 is 18.0 Å². The number of rotatable bonds is 5. The molecule has 26 heavy (non-hydrogen) atoms. The highest BCUT2D eigenvalue weighted by Gasteiger charge is 2.28.